The van der Waals surface area contributed by atoms with Crippen molar-refractivity contribution in [2.24, 2.45) is 5.92 Å². The minimum atomic E-state index is -0.685. The maximum Gasteiger partial charge on any atom is 0.321 e. The SMILES string of the molecule is CC(C)CNC(=O)NC(=O)CN[C@H](C)c1ccc(F)cc1F. The Morgan fingerprint density at radius 2 is 1.86 bits per heavy atom. The van der Waals surface area contributed by atoms with Crippen LogP contribution in [0, 0.1) is 17.6 Å². The molecule has 5 nitrogen and oxygen atoms in total. The molecule has 0 heterocycles. The van der Waals surface area contributed by atoms with Crippen LogP contribution >= 0.6 is 0 Å². The lowest BCUT2D eigenvalue weighted by Gasteiger charge is -2.15. The first-order chi connectivity index (χ1) is 10.3. The molecule has 0 bridgehead atoms. The molecule has 0 aromatic heterocycles. The van der Waals surface area contributed by atoms with Crippen LogP contribution in [0.1, 0.15) is 32.4 Å². The maximum absolute atomic E-state index is 13.6. The van der Waals surface area contributed by atoms with Gasteiger partial charge in [0, 0.05) is 24.2 Å². The number of carbonyl (C=O) groups is 2. The van der Waals surface area contributed by atoms with Crippen LogP contribution in [0.3, 0.4) is 0 Å². The fourth-order valence-corrected chi connectivity index (χ4v) is 1.72. The summed E-state index contributed by atoms with van der Waals surface area (Å²) in [7, 11) is 0. The van der Waals surface area contributed by atoms with E-state index < -0.39 is 29.6 Å². The van der Waals surface area contributed by atoms with E-state index in [-0.39, 0.29) is 18.0 Å². The number of amides is 3. The third-order valence-corrected chi connectivity index (χ3v) is 2.92. The van der Waals surface area contributed by atoms with E-state index in [1.807, 2.05) is 13.8 Å². The highest BCUT2D eigenvalue weighted by atomic mass is 19.1. The molecule has 0 saturated heterocycles. The van der Waals surface area contributed by atoms with Crippen LogP contribution in [0.4, 0.5) is 13.6 Å². The van der Waals surface area contributed by atoms with Gasteiger partial charge in [-0.05, 0) is 18.9 Å². The van der Waals surface area contributed by atoms with Gasteiger partial charge >= 0.3 is 6.03 Å². The molecular formula is C15H21F2N3O2. The Bertz CT molecular complexity index is 536. The molecule has 1 aromatic carbocycles. The van der Waals surface area contributed by atoms with E-state index in [2.05, 4.69) is 16.0 Å². The van der Waals surface area contributed by atoms with E-state index in [4.69, 9.17) is 0 Å². The van der Waals surface area contributed by atoms with Gasteiger partial charge in [0.25, 0.3) is 0 Å². The summed E-state index contributed by atoms with van der Waals surface area (Å²) in [6.07, 6.45) is 0. The van der Waals surface area contributed by atoms with Crippen molar-refractivity contribution >= 4 is 11.9 Å². The van der Waals surface area contributed by atoms with E-state index >= 15 is 0 Å². The average Bonchev–Trinajstić information content (AvgIpc) is 2.42. The molecular weight excluding hydrogens is 292 g/mol. The smallest absolute Gasteiger partial charge is 0.321 e. The van der Waals surface area contributed by atoms with Crippen LogP contribution in [0.5, 0.6) is 0 Å². The van der Waals surface area contributed by atoms with Crippen LogP contribution in [-0.2, 0) is 4.79 Å². The monoisotopic (exact) mass is 313 g/mol. The molecule has 3 amide bonds. The maximum atomic E-state index is 13.6. The molecule has 0 aliphatic rings. The standard InChI is InChI=1S/C15H21F2N3O2/c1-9(2)7-19-15(22)20-14(21)8-18-10(3)12-5-4-11(16)6-13(12)17/h4-6,9-10,18H,7-8H2,1-3H3,(H2,19,20,21,22)/t10-/m1/s1. The second-order valence-corrected chi connectivity index (χ2v) is 5.42. The number of nitrogens with one attached hydrogen (secondary N) is 3. The highest BCUT2D eigenvalue weighted by Crippen LogP contribution is 2.17. The first kappa shape index (κ1) is 18.0. The van der Waals surface area contributed by atoms with E-state index in [1.165, 1.54) is 6.07 Å². The number of rotatable bonds is 6. The molecule has 0 radical (unpaired) electrons. The summed E-state index contributed by atoms with van der Waals surface area (Å²) < 4.78 is 26.4. The van der Waals surface area contributed by atoms with Crippen molar-refractivity contribution in [2.75, 3.05) is 13.1 Å². The summed E-state index contributed by atoms with van der Waals surface area (Å²) in [5.41, 5.74) is 0.249. The Balaban J connectivity index is 2.41. The largest absolute Gasteiger partial charge is 0.338 e. The number of urea groups is 1. The zero-order chi connectivity index (χ0) is 16.7. The number of carbonyl (C=O) groups excluding carboxylic acids is 2. The Kier molecular flexibility index (Phi) is 6.91. The summed E-state index contributed by atoms with van der Waals surface area (Å²) in [4.78, 5) is 23.0. The fraction of sp³-hybridized carbons (Fsp3) is 0.467. The van der Waals surface area contributed by atoms with Crippen molar-refractivity contribution in [3.63, 3.8) is 0 Å². The topological polar surface area (TPSA) is 70.2 Å². The minimum absolute atomic E-state index is 0.160. The number of imide groups is 1. The molecule has 7 heteroatoms. The van der Waals surface area contributed by atoms with Gasteiger partial charge in [0.15, 0.2) is 0 Å². The van der Waals surface area contributed by atoms with Crippen LogP contribution < -0.4 is 16.0 Å². The molecule has 1 aromatic rings. The zero-order valence-electron chi connectivity index (χ0n) is 12.9. The molecule has 0 unspecified atom stereocenters. The highest BCUT2D eigenvalue weighted by molar-refractivity contribution is 5.95. The van der Waals surface area contributed by atoms with Crippen LogP contribution in [-0.4, -0.2) is 25.0 Å². The van der Waals surface area contributed by atoms with Crippen molar-refractivity contribution in [3.05, 3.63) is 35.4 Å². The van der Waals surface area contributed by atoms with Crippen LogP contribution in [0.25, 0.3) is 0 Å². The van der Waals surface area contributed by atoms with E-state index in [0.29, 0.717) is 6.54 Å². The molecule has 0 spiro atoms. The first-order valence-electron chi connectivity index (χ1n) is 7.05. The average molecular weight is 313 g/mol. The van der Waals surface area contributed by atoms with Gasteiger partial charge in [0.1, 0.15) is 11.6 Å². The summed E-state index contributed by atoms with van der Waals surface area (Å²) in [5, 5.41) is 7.48. The van der Waals surface area contributed by atoms with Crippen molar-refractivity contribution in [1.82, 2.24) is 16.0 Å². The number of benzene rings is 1. The number of halogens is 2. The predicted octanol–water partition coefficient (Wildman–Crippen LogP) is 2.10. The van der Waals surface area contributed by atoms with E-state index in [1.54, 1.807) is 6.92 Å². The van der Waals surface area contributed by atoms with Crippen molar-refractivity contribution in [1.29, 1.82) is 0 Å². The molecule has 0 fully saturated rings. The number of hydrogen-bond donors (Lipinski definition) is 3. The Labute approximate surface area is 128 Å². The fourth-order valence-electron chi connectivity index (χ4n) is 1.72. The molecule has 122 valence electrons. The van der Waals surface area contributed by atoms with Crippen molar-refractivity contribution < 1.29 is 18.4 Å². The van der Waals surface area contributed by atoms with Gasteiger partial charge in [-0.2, -0.15) is 0 Å². The van der Waals surface area contributed by atoms with Gasteiger partial charge in [-0.25, -0.2) is 13.6 Å². The zero-order valence-corrected chi connectivity index (χ0v) is 12.9. The van der Waals surface area contributed by atoms with Gasteiger partial charge in [0.2, 0.25) is 5.91 Å². The van der Waals surface area contributed by atoms with Crippen LogP contribution in [0.15, 0.2) is 18.2 Å². The van der Waals surface area contributed by atoms with Crippen molar-refractivity contribution in [2.45, 2.75) is 26.8 Å². The van der Waals surface area contributed by atoms with Gasteiger partial charge < -0.3 is 10.6 Å². The molecule has 0 aliphatic heterocycles. The summed E-state index contributed by atoms with van der Waals surface area (Å²) in [6.45, 7) is 5.81. The van der Waals surface area contributed by atoms with Gasteiger partial charge in [0.05, 0.1) is 6.54 Å². The predicted molar refractivity (Wildman–Crippen MR) is 79.2 cm³/mol. The lowest BCUT2D eigenvalue weighted by Crippen LogP contribution is -2.44. The van der Waals surface area contributed by atoms with E-state index in [0.717, 1.165) is 12.1 Å². The third-order valence-electron chi connectivity index (χ3n) is 2.92. The summed E-state index contributed by atoms with van der Waals surface area (Å²) >= 11 is 0. The van der Waals surface area contributed by atoms with Gasteiger partial charge in [-0.15, -0.1) is 0 Å². The Hall–Kier alpha value is -2.02. The lowest BCUT2D eigenvalue weighted by molar-refractivity contribution is -0.119. The summed E-state index contributed by atoms with van der Waals surface area (Å²) in [6, 6.07) is 2.18. The first-order valence-corrected chi connectivity index (χ1v) is 7.05. The molecule has 22 heavy (non-hydrogen) atoms. The quantitative estimate of drug-likeness (QED) is 0.753. The van der Waals surface area contributed by atoms with Crippen LogP contribution in [0.2, 0.25) is 0 Å². The van der Waals surface area contributed by atoms with Gasteiger partial charge in [-0.3, -0.25) is 10.1 Å². The Morgan fingerprint density at radius 1 is 1.18 bits per heavy atom. The molecule has 3 N–H and O–H groups in total. The molecule has 0 saturated carbocycles. The molecule has 1 atom stereocenters. The van der Waals surface area contributed by atoms with Crippen molar-refractivity contribution in [3.8, 4) is 0 Å². The third kappa shape index (κ3) is 6.17. The minimum Gasteiger partial charge on any atom is -0.338 e. The highest BCUT2D eigenvalue weighted by Gasteiger charge is 2.14. The summed E-state index contributed by atoms with van der Waals surface area (Å²) in [5.74, 6) is -1.60. The number of hydrogen-bond acceptors (Lipinski definition) is 3. The second-order valence-electron chi connectivity index (χ2n) is 5.42. The molecule has 1 rings (SSSR count). The Morgan fingerprint density at radius 3 is 2.45 bits per heavy atom. The molecule has 0 aliphatic carbocycles. The lowest BCUT2D eigenvalue weighted by atomic mass is 10.1. The van der Waals surface area contributed by atoms with Gasteiger partial charge in [-0.1, -0.05) is 19.9 Å². The van der Waals surface area contributed by atoms with E-state index in [9.17, 15) is 18.4 Å². The normalized spacial score (nSPS) is 12.1. The second kappa shape index (κ2) is 8.43.